The first kappa shape index (κ1) is 27.9. The molecule has 1 aromatic rings. The molecule has 0 spiro atoms. The van der Waals surface area contributed by atoms with Gasteiger partial charge in [0.1, 0.15) is 18.4 Å². The second-order valence-electron chi connectivity index (χ2n) is 8.52. The van der Waals surface area contributed by atoms with E-state index in [4.69, 9.17) is 30.5 Å². The number of rotatable bonds is 17. The second kappa shape index (κ2) is 14.1. The molecule has 0 aliphatic heterocycles. The zero-order chi connectivity index (χ0) is 23.3. The van der Waals surface area contributed by atoms with E-state index in [2.05, 4.69) is 0 Å². The summed E-state index contributed by atoms with van der Waals surface area (Å²) in [5.74, 6) is -0.277. The summed E-state index contributed by atoms with van der Waals surface area (Å²) >= 11 is 5.83. The van der Waals surface area contributed by atoms with Gasteiger partial charge in [0.15, 0.2) is 0 Å². The molecule has 0 heterocycles. The Morgan fingerprint density at radius 3 is 2.13 bits per heavy atom. The third-order valence-electron chi connectivity index (χ3n) is 4.31. The molecule has 1 aromatic carbocycles. The van der Waals surface area contributed by atoms with Crippen molar-refractivity contribution in [3.8, 4) is 5.75 Å². The largest absolute Gasteiger partial charge is 0.494 e. The first-order valence-corrected chi connectivity index (χ1v) is 12.4. The highest BCUT2D eigenvalue weighted by Crippen LogP contribution is 2.45. The van der Waals surface area contributed by atoms with Gasteiger partial charge in [0.2, 0.25) is 0 Å². The van der Waals surface area contributed by atoms with Crippen molar-refractivity contribution in [3.05, 3.63) is 29.3 Å². The zero-order valence-corrected chi connectivity index (χ0v) is 20.3. The molecule has 2 unspecified atom stereocenters. The second-order valence-corrected chi connectivity index (χ2v) is 10.4. The predicted molar refractivity (Wildman–Crippen MR) is 120 cm³/mol. The van der Waals surface area contributed by atoms with Crippen LogP contribution in [0.1, 0.15) is 44.9 Å². The number of phosphoric acid groups is 1. The van der Waals surface area contributed by atoms with Gasteiger partial charge in [-0.3, -0.25) is 13.8 Å². The predicted octanol–water partition coefficient (Wildman–Crippen LogP) is 4.74. The van der Waals surface area contributed by atoms with Crippen molar-refractivity contribution in [3.63, 3.8) is 0 Å². The van der Waals surface area contributed by atoms with Crippen molar-refractivity contribution < 1.29 is 37.6 Å². The van der Waals surface area contributed by atoms with Gasteiger partial charge in [0, 0.05) is 5.02 Å². The number of hydrogen-bond acceptors (Lipinski definition) is 5. The molecular weight excluding hydrogens is 445 g/mol. The van der Waals surface area contributed by atoms with Gasteiger partial charge in [-0.25, -0.2) is 4.57 Å². The summed E-state index contributed by atoms with van der Waals surface area (Å²) in [5.41, 5.74) is 0. The van der Waals surface area contributed by atoms with E-state index in [1.54, 1.807) is 12.1 Å². The maximum Gasteiger partial charge on any atom is 0.472 e. The summed E-state index contributed by atoms with van der Waals surface area (Å²) in [6, 6.07) is 7.28. The van der Waals surface area contributed by atoms with Gasteiger partial charge in [-0.05, 0) is 37.1 Å². The molecule has 0 bridgehead atoms. The Morgan fingerprint density at radius 1 is 1.03 bits per heavy atom. The van der Waals surface area contributed by atoms with E-state index in [9.17, 15) is 14.3 Å². The Balaban J connectivity index is 2.12. The van der Waals surface area contributed by atoms with Crippen molar-refractivity contribution in [2.24, 2.45) is 0 Å². The molecule has 0 radical (unpaired) electrons. The van der Waals surface area contributed by atoms with E-state index in [1.165, 1.54) is 0 Å². The number of halogens is 1. The van der Waals surface area contributed by atoms with E-state index in [-0.39, 0.29) is 19.6 Å². The third-order valence-corrected chi connectivity index (χ3v) is 5.64. The highest BCUT2D eigenvalue weighted by Gasteiger charge is 2.31. The Hall–Kier alpha value is -1.15. The van der Waals surface area contributed by atoms with Crippen LogP contribution in [-0.2, 0) is 18.4 Å². The standard InChI is InChI=1S/C21H35ClNO7P/c1-23(2,3)17-20(16-21(24)25)30-31(26,27)29-15-9-7-5-4-6-8-14-28-19-12-10-18(22)11-13-19/h10-13,20H,4-9,14-17H2,1-3H3,(H-,24,25,26,27)/p+1. The maximum absolute atomic E-state index is 12.1. The molecule has 0 saturated heterocycles. The molecule has 0 aliphatic carbocycles. The lowest BCUT2D eigenvalue weighted by molar-refractivity contribution is -0.873. The van der Waals surface area contributed by atoms with E-state index in [1.807, 2.05) is 33.3 Å². The number of carboxylic acids is 1. The zero-order valence-electron chi connectivity index (χ0n) is 18.7. The Morgan fingerprint density at radius 2 is 1.58 bits per heavy atom. The van der Waals surface area contributed by atoms with E-state index >= 15 is 0 Å². The number of aliphatic carboxylic acids is 1. The first-order valence-electron chi connectivity index (χ1n) is 10.5. The summed E-state index contributed by atoms with van der Waals surface area (Å²) in [7, 11) is 1.27. The lowest BCUT2D eigenvalue weighted by atomic mass is 10.1. The van der Waals surface area contributed by atoms with Crippen LogP contribution in [0.15, 0.2) is 24.3 Å². The number of nitrogens with zero attached hydrogens (tertiary/aromatic N) is 1. The van der Waals surface area contributed by atoms with Crippen LogP contribution in [0.3, 0.4) is 0 Å². The quantitative estimate of drug-likeness (QED) is 0.188. The first-order chi connectivity index (χ1) is 14.5. The summed E-state index contributed by atoms with van der Waals surface area (Å²) in [6.07, 6.45) is 4.28. The minimum Gasteiger partial charge on any atom is -0.494 e. The fourth-order valence-corrected chi connectivity index (χ4v) is 4.04. The van der Waals surface area contributed by atoms with Gasteiger partial charge in [0.25, 0.3) is 0 Å². The fraction of sp³-hybridized carbons (Fsp3) is 0.667. The average molecular weight is 481 g/mol. The molecule has 0 saturated carbocycles. The molecular formula is C21H36ClNO7P+. The third kappa shape index (κ3) is 15.3. The summed E-state index contributed by atoms with van der Waals surface area (Å²) in [4.78, 5) is 20.9. The van der Waals surface area contributed by atoms with Crippen LogP contribution in [0, 0.1) is 0 Å². The summed E-state index contributed by atoms with van der Waals surface area (Å²) in [5, 5.41) is 9.67. The van der Waals surface area contributed by atoms with Gasteiger partial charge in [-0.1, -0.05) is 37.3 Å². The Labute approximate surface area is 190 Å². The number of phosphoric ester groups is 1. The van der Waals surface area contributed by atoms with Crippen LogP contribution in [0.25, 0.3) is 0 Å². The molecule has 31 heavy (non-hydrogen) atoms. The van der Waals surface area contributed by atoms with Crippen LogP contribution < -0.4 is 4.74 Å². The minimum absolute atomic E-state index is 0.0949. The maximum atomic E-state index is 12.1. The van der Waals surface area contributed by atoms with Crippen LogP contribution >= 0.6 is 19.4 Å². The minimum atomic E-state index is -4.29. The molecule has 0 aromatic heterocycles. The van der Waals surface area contributed by atoms with E-state index in [0.29, 0.717) is 22.5 Å². The van der Waals surface area contributed by atoms with Crippen LogP contribution in [-0.4, -0.2) is 67.5 Å². The average Bonchev–Trinajstić information content (AvgIpc) is 2.62. The normalized spacial score (nSPS) is 14.7. The number of quaternary nitrogens is 1. The van der Waals surface area contributed by atoms with Crippen molar-refractivity contribution in [2.45, 2.75) is 51.0 Å². The molecule has 0 aliphatic rings. The number of carbonyl (C=O) groups is 1. The van der Waals surface area contributed by atoms with E-state index < -0.39 is 19.9 Å². The molecule has 0 amide bonds. The number of likely N-dealkylation sites (N-methyl/N-ethyl adjacent to an activating group) is 1. The number of hydrogen-bond donors (Lipinski definition) is 2. The lowest BCUT2D eigenvalue weighted by Gasteiger charge is -2.29. The topological polar surface area (TPSA) is 102 Å². The van der Waals surface area contributed by atoms with E-state index in [0.717, 1.165) is 37.9 Å². The highest BCUT2D eigenvalue weighted by molar-refractivity contribution is 7.47. The van der Waals surface area contributed by atoms with Gasteiger partial charge in [-0.2, -0.15) is 0 Å². The van der Waals surface area contributed by atoms with Crippen LogP contribution in [0.4, 0.5) is 0 Å². The smallest absolute Gasteiger partial charge is 0.472 e. The van der Waals surface area contributed by atoms with Gasteiger partial charge < -0.3 is 19.2 Å². The SMILES string of the molecule is C[N+](C)(C)CC(CC(=O)O)OP(=O)(O)OCCCCCCCCOc1ccc(Cl)cc1. The van der Waals surface area contributed by atoms with Crippen LogP contribution in [0.2, 0.25) is 5.02 Å². The van der Waals surface area contributed by atoms with Gasteiger partial charge >= 0.3 is 13.8 Å². The van der Waals surface area contributed by atoms with Gasteiger partial charge in [-0.15, -0.1) is 0 Å². The Bertz CT molecular complexity index is 694. The van der Waals surface area contributed by atoms with Crippen molar-refractivity contribution in [1.82, 2.24) is 0 Å². The Kier molecular flexibility index (Phi) is 12.7. The number of carboxylic acid groups (broad SMARTS) is 1. The number of unbranched alkanes of at least 4 members (excludes halogenated alkanes) is 5. The van der Waals surface area contributed by atoms with Crippen molar-refractivity contribution in [2.75, 3.05) is 40.9 Å². The van der Waals surface area contributed by atoms with Crippen LogP contribution in [0.5, 0.6) is 5.75 Å². The van der Waals surface area contributed by atoms with Gasteiger partial charge in [0.05, 0.1) is 40.8 Å². The highest BCUT2D eigenvalue weighted by atomic mass is 35.5. The monoisotopic (exact) mass is 480 g/mol. The molecule has 0 fully saturated rings. The van der Waals surface area contributed by atoms with Crippen molar-refractivity contribution in [1.29, 1.82) is 0 Å². The number of ether oxygens (including phenoxy) is 1. The molecule has 1 rings (SSSR count). The molecule has 8 nitrogen and oxygen atoms in total. The lowest BCUT2D eigenvalue weighted by Crippen LogP contribution is -2.42. The molecule has 2 atom stereocenters. The molecule has 178 valence electrons. The number of benzene rings is 1. The molecule has 2 N–H and O–H groups in total. The van der Waals surface area contributed by atoms with Crippen molar-refractivity contribution >= 4 is 25.4 Å². The fourth-order valence-electron chi connectivity index (χ4n) is 2.97. The molecule has 10 heteroatoms. The summed E-state index contributed by atoms with van der Waals surface area (Å²) in [6.45, 7) is 1.03. The summed E-state index contributed by atoms with van der Waals surface area (Å²) < 4.78 is 28.3.